The maximum absolute atomic E-state index is 13.0. The molecule has 1 unspecified atom stereocenters. The first kappa shape index (κ1) is 22.0. The van der Waals surface area contributed by atoms with Crippen LogP contribution in [0.2, 0.25) is 0 Å². The summed E-state index contributed by atoms with van der Waals surface area (Å²) in [6.07, 6.45) is -2.47. The van der Waals surface area contributed by atoms with Crippen LogP contribution in [0.3, 0.4) is 0 Å². The number of alkyl halides is 3. The van der Waals surface area contributed by atoms with Gasteiger partial charge in [-0.15, -0.1) is 0 Å². The molecule has 1 aromatic rings. The van der Waals surface area contributed by atoms with Gasteiger partial charge < -0.3 is 15.6 Å². The molecule has 6 nitrogen and oxygen atoms in total. The molecule has 0 aliphatic carbocycles. The average Bonchev–Trinajstić information content (AvgIpc) is 2.62. The highest BCUT2D eigenvalue weighted by atomic mass is 19.4. The minimum Gasteiger partial charge on any atom is -0.481 e. The fraction of sp³-hybridized carbons (Fsp3) is 0.579. The number of hydrogen-bond donors (Lipinski definition) is 2. The van der Waals surface area contributed by atoms with Crippen LogP contribution in [0.1, 0.15) is 56.6 Å². The number of aliphatic carboxylic acids is 1. The molecule has 1 atom stereocenters. The molecule has 1 aromatic carbocycles. The second-order valence-corrected chi connectivity index (χ2v) is 6.95. The maximum Gasteiger partial charge on any atom is 0.416 e. The largest absolute Gasteiger partial charge is 0.481 e. The molecule has 156 valence electrons. The number of fused-ring (bicyclic) bond motifs is 1. The van der Waals surface area contributed by atoms with Crippen LogP contribution in [0.5, 0.6) is 0 Å². The average molecular weight is 402 g/mol. The number of amides is 1. The molecule has 0 saturated carbocycles. The van der Waals surface area contributed by atoms with Gasteiger partial charge in [-0.05, 0) is 62.3 Å². The molecule has 1 aliphatic rings. The van der Waals surface area contributed by atoms with E-state index in [1.165, 1.54) is 11.0 Å². The number of aryl methyl sites for hydroxylation is 1. The lowest BCUT2D eigenvalue weighted by Crippen LogP contribution is -2.61. The molecular weight excluding hydrogens is 377 g/mol. The lowest BCUT2D eigenvalue weighted by molar-refractivity contribution is -0.138. The van der Waals surface area contributed by atoms with E-state index in [0.717, 1.165) is 12.1 Å². The van der Waals surface area contributed by atoms with Gasteiger partial charge in [0.25, 0.3) is 0 Å². The summed E-state index contributed by atoms with van der Waals surface area (Å²) in [5.74, 6) is -0.879. The van der Waals surface area contributed by atoms with Crippen LogP contribution >= 0.6 is 0 Å². The molecule has 1 aliphatic heterocycles. The first-order valence-electron chi connectivity index (χ1n) is 9.26. The Morgan fingerprint density at radius 1 is 1.29 bits per heavy atom. The van der Waals surface area contributed by atoms with Crippen molar-refractivity contribution in [2.75, 3.05) is 11.5 Å². The van der Waals surface area contributed by atoms with E-state index in [1.54, 1.807) is 6.92 Å². The van der Waals surface area contributed by atoms with Gasteiger partial charge in [-0.2, -0.15) is 13.2 Å². The summed E-state index contributed by atoms with van der Waals surface area (Å²) in [6.45, 7) is 1.89. The van der Waals surface area contributed by atoms with Crippen LogP contribution in [0.4, 0.5) is 23.7 Å². The number of benzene rings is 1. The number of anilines is 1. The first-order valence-corrected chi connectivity index (χ1v) is 9.26. The molecule has 2 rings (SSSR count). The van der Waals surface area contributed by atoms with Gasteiger partial charge in [0.15, 0.2) is 0 Å². The monoisotopic (exact) mass is 402 g/mol. The molecule has 0 bridgehead atoms. The van der Waals surface area contributed by atoms with Gasteiger partial charge in [-0.3, -0.25) is 9.69 Å². The number of carboxylic acids is 1. The van der Waals surface area contributed by atoms with Gasteiger partial charge in [0.2, 0.25) is 0 Å². The fourth-order valence-electron chi connectivity index (χ4n) is 3.28. The van der Waals surface area contributed by atoms with Crippen molar-refractivity contribution in [2.24, 2.45) is 5.73 Å². The molecule has 0 aromatic heterocycles. The van der Waals surface area contributed by atoms with Gasteiger partial charge in [0.05, 0.1) is 23.5 Å². The van der Waals surface area contributed by atoms with E-state index in [-0.39, 0.29) is 13.0 Å². The van der Waals surface area contributed by atoms with E-state index < -0.39 is 29.5 Å². The minimum absolute atomic E-state index is 0.0523. The van der Waals surface area contributed by atoms with Crippen molar-refractivity contribution >= 4 is 17.7 Å². The van der Waals surface area contributed by atoms with Crippen LogP contribution < -0.4 is 10.6 Å². The molecule has 3 N–H and O–H groups in total. The van der Waals surface area contributed by atoms with Crippen LogP contribution in [-0.4, -0.2) is 29.4 Å². The quantitative estimate of drug-likeness (QED) is 0.663. The number of unbranched alkanes of at least 4 members (excludes halogenated alkanes) is 2. The Hall–Kier alpha value is -2.29. The fourth-order valence-corrected chi connectivity index (χ4v) is 3.28. The number of hydrogen-bond acceptors (Lipinski definition) is 4. The number of carboxylic acid groups (broad SMARTS) is 1. The summed E-state index contributed by atoms with van der Waals surface area (Å²) in [6, 6.07) is 3.26. The van der Waals surface area contributed by atoms with Gasteiger partial charge in [0.1, 0.15) is 0 Å². The Morgan fingerprint density at radius 2 is 2.00 bits per heavy atom. The van der Waals surface area contributed by atoms with Crippen LogP contribution in [0.15, 0.2) is 18.2 Å². The predicted molar refractivity (Wildman–Crippen MR) is 96.9 cm³/mol. The van der Waals surface area contributed by atoms with Crippen molar-refractivity contribution in [1.29, 1.82) is 0 Å². The predicted octanol–water partition coefficient (Wildman–Crippen LogP) is 4.30. The smallest absolute Gasteiger partial charge is 0.416 e. The number of carbonyl (C=O) groups is 2. The summed E-state index contributed by atoms with van der Waals surface area (Å²) >= 11 is 0. The van der Waals surface area contributed by atoms with E-state index in [0.29, 0.717) is 49.8 Å². The molecule has 0 spiro atoms. The second kappa shape index (κ2) is 8.81. The highest BCUT2D eigenvalue weighted by molar-refractivity contribution is 5.91. The molecule has 28 heavy (non-hydrogen) atoms. The molecule has 0 fully saturated rings. The summed E-state index contributed by atoms with van der Waals surface area (Å²) in [4.78, 5) is 24.4. The Morgan fingerprint density at radius 3 is 2.61 bits per heavy atom. The number of rotatable bonds is 7. The van der Waals surface area contributed by atoms with Crippen LogP contribution in [0, 0.1) is 0 Å². The zero-order valence-corrected chi connectivity index (χ0v) is 15.7. The summed E-state index contributed by atoms with van der Waals surface area (Å²) in [5.41, 5.74) is 5.30. The third-order valence-electron chi connectivity index (χ3n) is 4.98. The molecular formula is C19H25F3N2O4. The van der Waals surface area contributed by atoms with Crippen molar-refractivity contribution in [2.45, 2.75) is 63.7 Å². The number of nitrogens with two attached hydrogens (primary N) is 1. The van der Waals surface area contributed by atoms with E-state index in [2.05, 4.69) is 0 Å². The lowest BCUT2D eigenvalue weighted by atomic mass is 9.89. The number of carbonyl (C=O) groups excluding carboxylic acids is 1. The zero-order valence-electron chi connectivity index (χ0n) is 15.7. The van der Waals surface area contributed by atoms with Gasteiger partial charge >= 0.3 is 18.2 Å². The van der Waals surface area contributed by atoms with Crippen molar-refractivity contribution in [3.63, 3.8) is 0 Å². The van der Waals surface area contributed by atoms with Gasteiger partial charge in [-0.1, -0.05) is 6.92 Å². The lowest BCUT2D eigenvalue weighted by Gasteiger charge is -2.44. The Kier molecular flexibility index (Phi) is 6.92. The molecule has 9 heteroatoms. The van der Waals surface area contributed by atoms with Crippen LogP contribution in [-0.2, 0) is 22.1 Å². The van der Waals surface area contributed by atoms with Crippen LogP contribution in [0.25, 0.3) is 0 Å². The highest BCUT2D eigenvalue weighted by Gasteiger charge is 2.42. The van der Waals surface area contributed by atoms with Crippen molar-refractivity contribution in [3.8, 4) is 0 Å². The van der Waals surface area contributed by atoms with E-state index in [4.69, 9.17) is 15.6 Å². The SMILES string of the molecule is CCC1(N)CCc2cc(C(F)(F)F)ccc2N1C(=O)OCCCCCC(=O)O. The zero-order chi connectivity index (χ0) is 20.9. The Bertz CT molecular complexity index is 724. The summed E-state index contributed by atoms with van der Waals surface area (Å²) < 4.78 is 44.2. The third kappa shape index (κ3) is 5.15. The van der Waals surface area contributed by atoms with Crippen molar-refractivity contribution in [1.82, 2.24) is 0 Å². The third-order valence-corrected chi connectivity index (χ3v) is 4.98. The van der Waals surface area contributed by atoms with Crippen molar-refractivity contribution in [3.05, 3.63) is 29.3 Å². The van der Waals surface area contributed by atoms with E-state index in [9.17, 15) is 22.8 Å². The standard InChI is InChI=1S/C19H25F3N2O4/c1-2-18(23)10-9-13-12-14(19(20,21)22)7-8-15(13)24(18)17(27)28-11-5-3-4-6-16(25)26/h7-8,12H,2-6,9-11,23H2,1H3,(H,25,26). The molecule has 1 heterocycles. The normalized spacial score (nSPS) is 19.2. The number of halogens is 3. The van der Waals surface area contributed by atoms with E-state index >= 15 is 0 Å². The van der Waals surface area contributed by atoms with Gasteiger partial charge in [0, 0.05) is 6.42 Å². The summed E-state index contributed by atoms with van der Waals surface area (Å²) in [5, 5.41) is 8.60. The molecule has 1 amide bonds. The Balaban J connectivity index is 2.12. The molecule has 0 saturated heterocycles. The number of ether oxygens (including phenoxy) is 1. The first-order chi connectivity index (χ1) is 13.1. The topological polar surface area (TPSA) is 92.9 Å². The minimum atomic E-state index is -4.46. The van der Waals surface area contributed by atoms with Gasteiger partial charge in [-0.25, -0.2) is 4.79 Å². The number of nitrogens with zero attached hydrogens (tertiary/aromatic N) is 1. The second-order valence-electron chi connectivity index (χ2n) is 6.95. The summed E-state index contributed by atoms with van der Waals surface area (Å²) in [7, 11) is 0. The Labute approximate surface area is 161 Å². The van der Waals surface area contributed by atoms with Crippen molar-refractivity contribution < 1.29 is 32.6 Å². The molecule has 0 radical (unpaired) electrons. The maximum atomic E-state index is 13.0. The van der Waals surface area contributed by atoms with E-state index in [1.807, 2.05) is 0 Å². The highest BCUT2D eigenvalue weighted by Crippen LogP contribution is 2.40.